The van der Waals surface area contributed by atoms with Gasteiger partial charge in [-0.1, -0.05) is 0 Å². The average Bonchev–Trinajstić information content (AvgIpc) is 2.36. The van der Waals surface area contributed by atoms with Gasteiger partial charge in [0.15, 0.2) is 16.4 Å². The molecule has 0 spiro atoms. The SMILES string of the molecule is CC1(NC(=O)OCC(F)(F)F)CCS(=O)(=O)C1. The summed E-state index contributed by atoms with van der Waals surface area (Å²) in [7, 11) is -3.24. The minimum Gasteiger partial charge on any atom is -0.440 e. The molecule has 0 saturated carbocycles. The summed E-state index contributed by atoms with van der Waals surface area (Å²) in [5.74, 6) is -0.385. The number of sulfone groups is 1. The van der Waals surface area contributed by atoms with E-state index in [1.807, 2.05) is 0 Å². The lowest BCUT2D eigenvalue weighted by atomic mass is 10.0. The van der Waals surface area contributed by atoms with Crippen LogP contribution in [0.2, 0.25) is 0 Å². The van der Waals surface area contributed by atoms with Gasteiger partial charge in [-0.15, -0.1) is 0 Å². The number of alkyl halides is 3. The molecule has 1 heterocycles. The number of ether oxygens (including phenoxy) is 1. The lowest BCUT2D eigenvalue weighted by Crippen LogP contribution is -2.47. The number of amides is 1. The van der Waals surface area contributed by atoms with Crippen LogP contribution in [0.1, 0.15) is 13.3 Å². The Morgan fingerprint density at radius 1 is 1.47 bits per heavy atom. The Hall–Kier alpha value is -0.990. The molecule has 1 fully saturated rings. The van der Waals surface area contributed by atoms with Crippen molar-refractivity contribution < 1.29 is 31.1 Å². The van der Waals surface area contributed by atoms with E-state index in [4.69, 9.17) is 0 Å². The Balaban J connectivity index is 2.47. The van der Waals surface area contributed by atoms with Crippen molar-refractivity contribution in [3.8, 4) is 0 Å². The maximum Gasteiger partial charge on any atom is 0.422 e. The molecule has 17 heavy (non-hydrogen) atoms. The number of nitrogens with one attached hydrogen (secondary N) is 1. The van der Waals surface area contributed by atoms with Crippen LogP contribution in [0.15, 0.2) is 0 Å². The van der Waals surface area contributed by atoms with E-state index in [0.717, 1.165) is 0 Å². The van der Waals surface area contributed by atoms with Crippen LogP contribution in [0.4, 0.5) is 18.0 Å². The van der Waals surface area contributed by atoms with E-state index in [9.17, 15) is 26.4 Å². The van der Waals surface area contributed by atoms with Crippen LogP contribution in [0, 0.1) is 0 Å². The zero-order valence-corrected chi connectivity index (χ0v) is 9.82. The summed E-state index contributed by atoms with van der Waals surface area (Å²) >= 11 is 0. The van der Waals surface area contributed by atoms with Gasteiger partial charge in [-0.2, -0.15) is 13.2 Å². The van der Waals surface area contributed by atoms with Crippen molar-refractivity contribution in [1.29, 1.82) is 0 Å². The molecule has 1 aliphatic rings. The van der Waals surface area contributed by atoms with Crippen LogP contribution in [0.3, 0.4) is 0 Å². The van der Waals surface area contributed by atoms with Crippen LogP contribution in [-0.2, 0) is 14.6 Å². The third-order valence-corrected chi connectivity index (χ3v) is 4.18. The first-order valence-corrected chi connectivity index (χ1v) is 6.56. The van der Waals surface area contributed by atoms with Gasteiger partial charge in [0.05, 0.1) is 17.0 Å². The second kappa shape index (κ2) is 4.35. The highest BCUT2D eigenvalue weighted by Gasteiger charge is 2.40. The monoisotopic (exact) mass is 275 g/mol. The molecule has 0 radical (unpaired) electrons. The first kappa shape index (κ1) is 14.1. The predicted molar refractivity (Wildman–Crippen MR) is 52.2 cm³/mol. The summed E-state index contributed by atoms with van der Waals surface area (Å²) in [6.07, 6.45) is -5.70. The lowest BCUT2D eigenvalue weighted by molar-refractivity contribution is -0.160. The van der Waals surface area contributed by atoms with Gasteiger partial charge in [-0.3, -0.25) is 0 Å². The maximum absolute atomic E-state index is 11.7. The highest BCUT2D eigenvalue weighted by molar-refractivity contribution is 7.91. The van der Waals surface area contributed by atoms with Crippen molar-refractivity contribution in [2.24, 2.45) is 0 Å². The van der Waals surface area contributed by atoms with Crippen molar-refractivity contribution in [2.75, 3.05) is 18.1 Å². The van der Waals surface area contributed by atoms with Crippen molar-refractivity contribution >= 4 is 15.9 Å². The Kier molecular flexibility index (Phi) is 3.60. The minimum atomic E-state index is -4.60. The Morgan fingerprint density at radius 2 is 2.06 bits per heavy atom. The molecule has 1 unspecified atom stereocenters. The summed E-state index contributed by atoms with van der Waals surface area (Å²) in [6, 6.07) is 0. The van der Waals surface area contributed by atoms with Gasteiger partial charge in [-0.05, 0) is 13.3 Å². The molecule has 0 aromatic rings. The van der Waals surface area contributed by atoms with E-state index in [1.54, 1.807) is 0 Å². The Morgan fingerprint density at radius 3 is 2.47 bits per heavy atom. The summed E-state index contributed by atoms with van der Waals surface area (Å²) in [6.45, 7) is -0.242. The van der Waals surface area contributed by atoms with Crippen molar-refractivity contribution in [3.05, 3.63) is 0 Å². The van der Waals surface area contributed by atoms with Gasteiger partial charge >= 0.3 is 12.3 Å². The van der Waals surface area contributed by atoms with E-state index in [1.165, 1.54) is 6.92 Å². The van der Waals surface area contributed by atoms with Gasteiger partial charge in [0.25, 0.3) is 0 Å². The minimum absolute atomic E-state index is 0.0942. The van der Waals surface area contributed by atoms with Gasteiger partial charge in [0.2, 0.25) is 0 Å². The van der Waals surface area contributed by atoms with Crippen molar-refractivity contribution in [1.82, 2.24) is 5.32 Å². The third-order valence-electron chi connectivity index (χ3n) is 2.27. The topological polar surface area (TPSA) is 72.5 Å². The standard InChI is InChI=1S/C8H12F3NO4S/c1-7(2-3-17(14,15)5-7)12-6(13)16-4-8(9,10)11/h2-5H2,1H3,(H,12,13). The zero-order valence-electron chi connectivity index (χ0n) is 9.00. The molecule has 1 amide bonds. The molecular formula is C8H12F3NO4S. The van der Waals surface area contributed by atoms with Gasteiger partial charge in [0.1, 0.15) is 0 Å². The first-order valence-electron chi connectivity index (χ1n) is 4.74. The van der Waals surface area contributed by atoms with Gasteiger partial charge < -0.3 is 10.1 Å². The zero-order chi connectivity index (χ0) is 13.3. The molecule has 1 N–H and O–H groups in total. The molecule has 0 aliphatic carbocycles. The van der Waals surface area contributed by atoms with E-state index in [-0.39, 0.29) is 17.9 Å². The number of alkyl carbamates (subject to hydrolysis) is 1. The molecule has 1 atom stereocenters. The van der Waals surface area contributed by atoms with Gasteiger partial charge in [-0.25, -0.2) is 13.2 Å². The number of hydrogen-bond donors (Lipinski definition) is 1. The van der Waals surface area contributed by atoms with E-state index in [0.29, 0.717) is 0 Å². The fourth-order valence-electron chi connectivity index (χ4n) is 1.54. The molecule has 0 aromatic heterocycles. The van der Waals surface area contributed by atoms with Crippen molar-refractivity contribution in [3.63, 3.8) is 0 Å². The summed E-state index contributed by atoms with van der Waals surface area (Å²) in [5, 5.41) is 2.14. The van der Waals surface area contributed by atoms with Gasteiger partial charge in [0, 0.05) is 0 Å². The number of hydrogen-bond acceptors (Lipinski definition) is 4. The van der Waals surface area contributed by atoms with Crippen LogP contribution in [0.5, 0.6) is 0 Å². The number of rotatable bonds is 2. The Labute approximate surface area is 96.2 Å². The fraction of sp³-hybridized carbons (Fsp3) is 0.875. The molecule has 100 valence electrons. The highest BCUT2D eigenvalue weighted by atomic mass is 32.2. The summed E-state index contributed by atoms with van der Waals surface area (Å²) in [5.41, 5.74) is -1.05. The normalized spacial score (nSPS) is 27.8. The largest absolute Gasteiger partial charge is 0.440 e. The number of carbonyl (C=O) groups excluding carboxylic acids is 1. The van der Waals surface area contributed by atoms with Crippen molar-refractivity contribution in [2.45, 2.75) is 25.1 Å². The molecular weight excluding hydrogens is 263 g/mol. The Bertz CT molecular complexity index is 405. The molecule has 1 aliphatic heterocycles. The molecule has 9 heteroatoms. The lowest BCUT2D eigenvalue weighted by Gasteiger charge is -2.23. The van der Waals surface area contributed by atoms with E-state index < -0.39 is 34.3 Å². The van der Waals surface area contributed by atoms with Crippen LogP contribution < -0.4 is 5.32 Å². The summed E-state index contributed by atoms with van der Waals surface area (Å²) in [4.78, 5) is 11.0. The molecule has 5 nitrogen and oxygen atoms in total. The molecule has 1 rings (SSSR count). The number of halogens is 3. The smallest absolute Gasteiger partial charge is 0.422 e. The molecule has 0 bridgehead atoms. The van der Waals surface area contributed by atoms with Crippen LogP contribution >= 0.6 is 0 Å². The average molecular weight is 275 g/mol. The van der Waals surface area contributed by atoms with Crippen LogP contribution in [-0.4, -0.2) is 44.3 Å². The second-order valence-corrected chi connectivity index (χ2v) is 6.40. The quantitative estimate of drug-likeness (QED) is 0.811. The fourth-order valence-corrected chi connectivity index (χ4v) is 3.63. The number of carbonyl (C=O) groups is 1. The molecule has 0 aromatic carbocycles. The highest BCUT2D eigenvalue weighted by Crippen LogP contribution is 2.23. The first-order chi connectivity index (χ1) is 7.52. The predicted octanol–water partition coefficient (Wildman–Crippen LogP) is 0.852. The summed E-state index contributed by atoms with van der Waals surface area (Å²) < 4.78 is 61.5. The van der Waals surface area contributed by atoms with E-state index in [2.05, 4.69) is 10.1 Å². The van der Waals surface area contributed by atoms with Crippen LogP contribution in [0.25, 0.3) is 0 Å². The second-order valence-electron chi connectivity index (χ2n) is 4.22. The molecule has 1 saturated heterocycles. The third kappa shape index (κ3) is 4.80. The maximum atomic E-state index is 11.7. The van der Waals surface area contributed by atoms with E-state index >= 15 is 0 Å².